The van der Waals surface area contributed by atoms with Gasteiger partial charge in [0, 0.05) is 17.3 Å². The van der Waals surface area contributed by atoms with Crippen LogP contribution in [0.5, 0.6) is 11.5 Å². The molecule has 1 unspecified atom stereocenters. The first-order valence-electron chi connectivity index (χ1n) is 11.3. The van der Waals surface area contributed by atoms with Crippen molar-refractivity contribution in [1.82, 2.24) is 4.90 Å². The van der Waals surface area contributed by atoms with Gasteiger partial charge in [0.2, 0.25) is 0 Å². The van der Waals surface area contributed by atoms with Crippen molar-refractivity contribution >= 4 is 40.4 Å². The Kier molecular flexibility index (Phi) is 9.34. The zero-order chi connectivity index (χ0) is 26.7. The predicted molar refractivity (Wildman–Crippen MR) is 137 cm³/mol. The van der Waals surface area contributed by atoms with Crippen LogP contribution in [0.4, 0.5) is 10.1 Å². The standard InChI is InChI=1S/C26H24FN3O6S.BrH/c1-5-36-25(33)21-14(2)28-26-30(22(21)17-7-6-8-18(34-3)23(17)35-4)20(31)13-19(37-26)24(32)29-16-11-9-15(27)10-12-16;/h6-13,22H,5H2,1-4H3,(H,29,32);1H/p-1. The number of hydrogen-bond acceptors (Lipinski definition) is 8. The smallest absolute Gasteiger partial charge is 0.338 e. The molecular formula is C26H24BrFN3O6S-. The molecule has 2 aromatic rings. The second-order valence-electron chi connectivity index (χ2n) is 7.88. The molecule has 0 spiro atoms. The highest BCUT2D eigenvalue weighted by molar-refractivity contribution is 8.18. The second-order valence-corrected chi connectivity index (χ2v) is 8.89. The Morgan fingerprint density at radius 3 is 2.47 bits per heavy atom. The maximum atomic E-state index is 13.5. The van der Waals surface area contributed by atoms with E-state index in [1.54, 1.807) is 32.0 Å². The third-order valence-electron chi connectivity index (χ3n) is 5.63. The normalized spacial score (nSPS) is 16.5. The number of carbonyl (C=O) groups is 3. The molecule has 200 valence electrons. The molecule has 4 rings (SSSR count). The molecule has 1 atom stereocenters. The molecule has 2 aliphatic rings. The van der Waals surface area contributed by atoms with E-state index in [1.165, 1.54) is 49.5 Å². The van der Waals surface area contributed by atoms with Gasteiger partial charge in [0.1, 0.15) is 11.9 Å². The van der Waals surface area contributed by atoms with Crippen molar-refractivity contribution in [3.8, 4) is 11.5 Å². The van der Waals surface area contributed by atoms with E-state index in [1.807, 2.05) is 0 Å². The minimum atomic E-state index is -0.949. The van der Waals surface area contributed by atoms with Crippen LogP contribution in [-0.2, 0) is 19.1 Å². The Hall–Kier alpha value is -3.64. The molecule has 0 bridgehead atoms. The fourth-order valence-corrected chi connectivity index (χ4v) is 5.00. The summed E-state index contributed by atoms with van der Waals surface area (Å²) in [4.78, 5) is 45.4. The number of methoxy groups -OCH3 is 2. The molecule has 0 radical (unpaired) electrons. The zero-order valence-electron chi connectivity index (χ0n) is 20.9. The van der Waals surface area contributed by atoms with Gasteiger partial charge in [-0.25, -0.2) is 14.2 Å². The Morgan fingerprint density at radius 1 is 1.13 bits per heavy atom. The molecule has 0 aliphatic carbocycles. The van der Waals surface area contributed by atoms with Crippen LogP contribution in [0.2, 0.25) is 0 Å². The molecule has 0 fully saturated rings. The lowest BCUT2D eigenvalue weighted by Crippen LogP contribution is -3.00. The molecule has 0 saturated carbocycles. The number of fused-ring (bicyclic) bond motifs is 1. The van der Waals surface area contributed by atoms with Crippen molar-refractivity contribution in [2.75, 3.05) is 26.1 Å². The first-order valence-corrected chi connectivity index (χ1v) is 12.1. The number of anilines is 1. The van der Waals surface area contributed by atoms with Gasteiger partial charge >= 0.3 is 5.97 Å². The van der Waals surface area contributed by atoms with Crippen molar-refractivity contribution < 1.29 is 50.0 Å². The Bertz CT molecular complexity index is 1360. The summed E-state index contributed by atoms with van der Waals surface area (Å²) in [6.45, 7) is 3.45. The molecule has 38 heavy (non-hydrogen) atoms. The van der Waals surface area contributed by atoms with Crippen LogP contribution >= 0.6 is 11.8 Å². The number of para-hydroxylation sites is 1. The van der Waals surface area contributed by atoms with Gasteiger partial charge in [0.05, 0.1) is 37.0 Å². The first-order chi connectivity index (χ1) is 17.8. The largest absolute Gasteiger partial charge is 1.00 e. The van der Waals surface area contributed by atoms with Crippen molar-refractivity contribution in [3.05, 3.63) is 76.1 Å². The van der Waals surface area contributed by atoms with Crippen LogP contribution in [0.15, 0.2) is 69.7 Å². The highest BCUT2D eigenvalue weighted by Gasteiger charge is 2.44. The molecule has 9 nitrogen and oxygen atoms in total. The van der Waals surface area contributed by atoms with Gasteiger partial charge in [-0.1, -0.05) is 12.1 Å². The number of aliphatic imine (C=N–C) groups is 1. The number of allylic oxidation sites excluding steroid dienone is 1. The number of benzene rings is 2. The van der Waals surface area contributed by atoms with E-state index in [-0.39, 0.29) is 39.2 Å². The summed E-state index contributed by atoms with van der Waals surface area (Å²) in [7, 11) is 2.95. The number of carbonyl (C=O) groups excluding carboxylic acids is 3. The van der Waals surface area contributed by atoms with Crippen molar-refractivity contribution in [2.24, 2.45) is 4.99 Å². The first kappa shape index (κ1) is 28.9. The maximum absolute atomic E-state index is 13.5. The summed E-state index contributed by atoms with van der Waals surface area (Å²) in [6, 6.07) is 9.45. The van der Waals surface area contributed by atoms with E-state index in [4.69, 9.17) is 14.2 Å². The van der Waals surface area contributed by atoms with E-state index in [2.05, 4.69) is 10.3 Å². The summed E-state index contributed by atoms with van der Waals surface area (Å²) < 4.78 is 29.5. The van der Waals surface area contributed by atoms with Crippen LogP contribution in [-0.4, -0.2) is 48.7 Å². The molecule has 2 aliphatic heterocycles. The maximum Gasteiger partial charge on any atom is 0.338 e. The number of nitrogens with zero attached hydrogens (tertiary/aromatic N) is 2. The quantitative estimate of drug-likeness (QED) is 0.473. The second kappa shape index (κ2) is 12.3. The van der Waals surface area contributed by atoms with Crippen LogP contribution in [0.3, 0.4) is 0 Å². The number of halogens is 2. The number of hydrogen-bond donors (Lipinski definition) is 1. The van der Waals surface area contributed by atoms with Gasteiger partial charge in [0.15, 0.2) is 16.7 Å². The Morgan fingerprint density at radius 2 is 1.84 bits per heavy atom. The number of nitrogens with one attached hydrogen (secondary N) is 1. The lowest BCUT2D eigenvalue weighted by atomic mass is 9.93. The fraction of sp³-hybridized carbons (Fsp3) is 0.231. The highest BCUT2D eigenvalue weighted by Crippen LogP contribution is 2.46. The fourth-order valence-electron chi connectivity index (χ4n) is 4.03. The summed E-state index contributed by atoms with van der Waals surface area (Å²) >= 11 is 0.974. The number of amides is 2. The minimum Gasteiger partial charge on any atom is -1.00 e. The Balaban J connectivity index is 0.00000400. The van der Waals surface area contributed by atoms with Gasteiger partial charge in [-0.2, -0.15) is 0 Å². The number of esters is 1. The molecular weight excluding hydrogens is 581 g/mol. The summed E-state index contributed by atoms with van der Waals surface area (Å²) in [5.74, 6) is -1.43. The van der Waals surface area contributed by atoms with E-state index in [9.17, 15) is 18.8 Å². The van der Waals surface area contributed by atoms with Crippen LogP contribution in [0.25, 0.3) is 0 Å². The third-order valence-corrected chi connectivity index (χ3v) is 6.63. The molecule has 2 aromatic carbocycles. The molecule has 12 heteroatoms. The monoisotopic (exact) mass is 604 g/mol. The summed E-state index contributed by atoms with van der Waals surface area (Å²) in [5, 5.41) is 2.85. The molecule has 1 N–H and O–H groups in total. The van der Waals surface area contributed by atoms with E-state index in [0.29, 0.717) is 28.4 Å². The van der Waals surface area contributed by atoms with Gasteiger partial charge in [-0.3, -0.25) is 14.5 Å². The van der Waals surface area contributed by atoms with Crippen LogP contribution in [0.1, 0.15) is 25.5 Å². The average molecular weight is 605 g/mol. The molecule has 2 amide bonds. The number of ether oxygens (including phenoxy) is 3. The van der Waals surface area contributed by atoms with Gasteiger partial charge in [0.25, 0.3) is 11.8 Å². The number of rotatable bonds is 7. The van der Waals surface area contributed by atoms with Crippen LogP contribution in [0, 0.1) is 5.82 Å². The minimum absolute atomic E-state index is 0. The summed E-state index contributed by atoms with van der Waals surface area (Å²) in [5.41, 5.74) is 1.35. The van der Waals surface area contributed by atoms with Crippen molar-refractivity contribution in [2.45, 2.75) is 19.9 Å². The third kappa shape index (κ3) is 5.60. The van der Waals surface area contributed by atoms with Gasteiger partial charge < -0.3 is 36.5 Å². The van der Waals surface area contributed by atoms with E-state index in [0.717, 1.165) is 11.8 Å². The lowest BCUT2D eigenvalue weighted by Gasteiger charge is -2.38. The predicted octanol–water partition coefficient (Wildman–Crippen LogP) is 1.19. The summed E-state index contributed by atoms with van der Waals surface area (Å²) in [6.07, 6.45) is 1.17. The molecule has 0 aromatic heterocycles. The van der Waals surface area contributed by atoms with Crippen LogP contribution < -0.4 is 31.8 Å². The molecule has 0 saturated heterocycles. The average Bonchev–Trinajstić information content (AvgIpc) is 2.88. The van der Waals surface area contributed by atoms with Gasteiger partial charge in [-0.15, -0.1) is 0 Å². The lowest BCUT2D eigenvalue weighted by molar-refractivity contribution is -0.139. The highest BCUT2D eigenvalue weighted by atomic mass is 79.9. The van der Waals surface area contributed by atoms with E-state index < -0.39 is 29.6 Å². The van der Waals surface area contributed by atoms with Gasteiger partial charge in [-0.05, 0) is 55.9 Å². The zero-order valence-corrected chi connectivity index (χ0v) is 23.3. The molecule has 2 heterocycles. The Labute approximate surface area is 233 Å². The van der Waals surface area contributed by atoms with Crippen molar-refractivity contribution in [3.63, 3.8) is 0 Å². The number of amidine groups is 1. The SMILES string of the molecule is CCOC(=O)C1=C(C)N=C2SC(C(=O)Nc3ccc(F)cc3)=CC(=O)N2C1c1cccc(OC)c1OC.[Br-]. The van der Waals surface area contributed by atoms with E-state index >= 15 is 0 Å². The topological polar surface area (TPSA) is 107 Å². The van der Waals surface area contributed by atoms with Crippen molar-refractivity contribution in [1.29, 1.82) is 0 Å². The number of thioether (sulfide) groups is 1.